The fourth-order valence-corrected chi connectivity index (χ4v) is 4.07. The maximum atomic E-state index is 4.31. The molecule has 0 spiro atoms. The molecule has 0 aromatic heterocycles. The molecule has 0 unspecified atom stereocenters. The maximum absolute atomic E-state index is 4.31. The lowest BCUT2D eigenvalue weighted by Crippen LogP contribution is -1.67. The first kappa shape index (κ1) is 12.7. The van der Waals surface area contributed by atoms with Crippen LogP contribution in [0.1, 0.15) is 27.7 Å². The molecule has 0 fully saturated rings. The summed E-state index contributed by atoms with van der Waals surface area (Å²) < 4.78 is 1.37. The van der Waals surface area contributed by atoms with Crippen molar-refractivity contribution in [1.29, 1.82) is 0 Å². The van der Waals surface area contributed by atoms with Gasteiger partial charge in [0.05, 0.1) is 4.24 Å². The van der Waals surface area contributed by atoms with Gasteiger partial charge in [0.15, 0.2) is 0 Å². The van der Waals surface area contributed by atoms with E-state index in [1.807, 2.05) is 30.4 Å². The molecular weight excluding hydrogens is 248 g/mol. The molecule has 0 aromatic rings. The Morgan fingerprint density at radius 3 is 2.14 bits per heavy atom. The molecule has 4 heteroatoms. The van der Waals surface area contributed by atoms with Gasteiger partial charge in [0.1, 0.15) is 0 Å². The average molecular weight is 262 g/mol. The summed E-state index contributed by atoms with van der Waals surface area (Å²) in [6.07, 6.45) is 0. The summed E-state index contributed by atoms with van der Waals surface area (Å²) in [7, 11) is 0. The van der Waals surface area contributed by atoms with Crippen LogP contribution in [0.4, 0.5) is 0 Å². The minimum absolute atomic E-state index is 1.10. The van der Waals surface area contributed by atoms with E-state index in [4.69, 9.17) is 0 Å². The Hall–Kier alpha value is 0.620. The number of hydrogen-bond acceptors (Lipinski definition) is 4. The van der Waals surface area contributed by atoms with Crippen LogP contribution < -0.4 is 0 Å². The predicted octanol–water partition coefficient (Wildman–Crippen LogP) is 5.43. The molecule has 0 aliphatic carbocycles. The third kappa shape index (κ3) is 3.65. The number of thiol groups is 1. The van der Waals surface area contributed by atoms with Crippen molar-refractivity contribution in [1.82, 2.24) is 0 Å². The van der Waals surface area contributed by atoms with Crippen LogP contribution in [0.5, 0.6) is 0 Å². The Balaban J connectivity index is 2.55. The van der Waals surface area contributed by atoms with E-state index in [0.29, 0.717) is 0 Å². The molecule has 0 atom stereocenters. The van der Waals surface area contributed by atoms with Crippen LogP contribution in [-0.4, -0.2) is 0 Å². The van der Waals surface area contributed by atoms with Crippen molar-refractivity contribution in [3.05, 3.63) is 29.3 Å². The minimum Gasteiger partial charge on any atom is -0.147 e. The van der Waals surface area contributed by atoms with E-state index in [2.05, 4.69) is 38.8 Å². The van der Waals surface area contributed by atoms with Gasteiger partial charge in [-0.25, -0.2) is 0 Å². The van der Waals surface area contributed by atoms with E-state index in [-0.39, 0.29) is 0 Å². The second-order valence-corrected chi connectivity index (χ2v) is 7.54. The quantitative estimate of drug-likeness (QED) is 0.659. The minimum atomic E-state index is 1.10. The highest BCUT2D eigenvalue weighted by molar-refractivity contribution is 8.29. The summed E-state index contributed by atoms with van der Waals surface area (Å²) in [6.45, 7) is 8.46. The van der Waals surface area contributed by atoms with E-state index < -0.39 is 0 Å². The Bertz CT molecular complexity index is 303. The molecule has 0 saturated heterocycles. The molecule has 1 rings (SSSR count). The molecule has 0 aromatic carbocycles. The van der Waals surface area contributed by atoms with Crippen LogP contribution in [0.2, 0.25) is 0 Å². The molecule has 14 heavy (non-hydrogen) atoms. The molecule has 0 radical (unpaired) electrons. The smallest absolute Gasteiger partial charge is 0.0558 e. The molecule has 1 aliphatic rings. The van der Waals surface area contributed by atoms with Crippen LogP contribution >= 0.6 is 47.9 Å². The molecule has 1 aliphatic heterocycles. The topological polar surface area (TPSA) is 0 Å². The number of hydrogen-bond donors (Lipinski definition) is 1. The molecule has 0 bridgehead atoms. The summed E-state index contributed by atoms with van der Waals surface area (Å²) >= 11 is 9.79. The lowest BCUT2D eigenvalue weighted by molar-refractivity contribution is 1.57. The summed E-state index contributed by atoms with van der Waals surface area (Å²) in [6, 6.07) is 0. The van der Waals surface area contributed by atoms with E-state index >= 15 is 0 Å². The maximum Gasteiger partial charge on any atom is 0.0558 e. The summed E-state index contributed by atoms with van der Waals surface area (Å²) in [4.78, 5) is 5.21. The van der Waals surface area contributed by atoms with Crippen LogP contribution in [0.25, 0.3) is 0 Å². The fraction of sp³-hybridized carbons (Fsp3) is 0.400. The van der Waals surface area contributed by atoms with Gasteiger partial charge in [-0.1, -0.05) is 23.5 Å². The summed E-state index contributed by atoms with van der Waals surface area (Å²) in [5.41, 5.74) is 0. The van der Waals surface area contributed by atoms with Crippen molar-refractivity contribution >= 4 is 47.9 Å². The van der Waals surface area contributed by atoms with E-state index in [0.717, 1.165) is 4.91 Å². The van der Waals surface area contributed by atoms with Gasteiger partial charge in [-0.3, -0.25) is 0 Å². The SMILES string of the molecule is CC1=C(C)SC(=CS/C(C)=C(/C)S)S1. The molecule has 0 amide bonds. The first-order chi connectivity index (χ1) is 6.50. The third-order valence-corrected chi connectivity index (χ3v) is 6.14. The van der Waals surface area contributed by atoms with Crippen molar-refractivity contribution in [2.75, 3.05) is 0 Å². The van der Waals surface area contributed by atoms with Gasteiger partial charge >= 0.3 is 0 Å². The molecular formula is C10H14S4. The van der Waals surface area contributed by atoms with E-state index in [1.165, 1.54) is 19.0 Å². The average Bonchev–Trinajstić information content (AvgIpc) is 2.42. The zero-order valence-electron chi connectivity index (χ0n) is 8.75. The van der Waals surface area contributed by atoms with Gasteiger partial charge in [0.2, 0.25) is 0 Å². The van der Waals surface area contributed by atoms with Crippen LogP contribution in [-0.2, 0) is 0 Å². The van der Waals surface area contributed by atoms with Gasteiger partial charge in [0.25, 0.3) is 0 Å². The lowest BCUT2D eigenvalue weighted by atomic mass is 10.6. The van der Waals surface area contributed by atoms with Gasteiger partial charge in [-0.2, -0.15) is 0 Å². The highest BCUT2D eigenvalue weighted by Crippen LogP contribution is 2.49. The summed E-state index contributed by atoms with van der Waals surface area (Å²) in [5.74, 6) is 0. The number of allylic oxidation sites excluding steroid dienone is 4. The van der Waals surface area contributed by atoms with Gasteiger partial charge in [-0.15, -0.1) is 24.4 Å². The molecule has 78 valence electrons. The monoisotopic (exact) mass is 262 g/mol. The Morgan fingerprint density at radius 1 is 1.21 bits per heavy atom. The van der Waals surface area contributed by atoms with Crippen molar-refractivity contribution in [3.63, 3.8) is 0 Å². The molecule has 0 N–H and O–H groups in total. The fourth-order valence-electron chi connectivity index (χ4n) is 0.736. The van der Waals surface area contributed by atoms with E-state index in [9.17, 15) is 0 Å². The van der Waals surface area contributed by atoms with Gasteiger partial charge in [-0.05, 0) is 52.7 Å². The zero-order chi connectivity index (χ0) is 10.7. The standard InChI is InChI=1S/C10H14S4/c1-6(11)7(2)12-5-10-13-8(3)9(4)14-10/h5,11H,1-4H3/b7-6-. The Labute approximate surface area is 104 Å². The van der Waals surface area contributed by atoms with Gasteiger partial charge in [0, 0.05) is 0 Å². The van der Waals surface area contributed by atoms with Crippen molar-refractivity contribution in [2.45, 2.75) is 27.7 Å². The van der Waals surface area contributed by atoms with Crippen molar-refractivity contribution < 1.29 is 0 Å². The second-order valence-electron chi connectivity index (χ2n) is 3.01. The van der Waals surface area contributed by atoms with Crippen molar-refractivity contribution in [2.24, 2.45) is 0 Å². The molecule has 1 heterocycles. The first-order valence-corrected chi connectivity index (χ1v) is 7.23. The van der Waals surface area contributed by atoms with Gasteiger partial charge < -0.3 is 0 Å². The largest absolute Gasteiger partial charge is 0.147 e. The van der Waals surface area contributed by atoms with Crippen LogP contribution in [0.15, 0.2) is 29.3 Å². The zero-order valence-corrected chi connectivity index (χ0v) is 12.1. The summed E-state index contributed by atoms with van der Waals surface area (Å²) in [5, 5.41) is 2.21. The third-order valence-electron chi connectivity index (χ3n) is 1.84. The Kier molecular flexibility index (Phi) is 5.11. The lowest BCUT2D eigenvalue weighted by Gasteiger charge is -1.99. The number of rotatable bonds is 2. The predicted molar refractivity (Wildman–Crippen MR) is 76.6 cm³/mol. The van der Waals surface area contributed by atoms with Crippen LogP contribution in [0, 0.1) is 0 Å². The van der Waals surface area contributed by atoms with Crippen LogP contribution in [0.3, 0.4) is 0 Å². The molecule has 0 saturated carbocycles. The normalized spacial score (nSPS) is 18.8. The second kappa shape index (κ2) is 5.64. The number of thioether (sulfide) groups is 3. The Morgan fingerprint density at radius 2 is 1.71 bits per heavy atom. The highest BCUT2D eigenvalue weighted by atomic mass is 32.2. The first-order valence-electron chi connectivity index (χ1n) is 4.27. The van der Waals surface area contributed by atoms with Crippen molar-refractivity contribution in [3.8, 4) is 0 Å². The molecule has 0 nitrogen and oxygen atoms in total. The van der Waals surface area contributed by atoms with E-state index in [1.54, 1.807) is 11.8 Å². The highest BCUT2D eigenvalue weighted by Gasteiger charge is 2.13.